The molecule has 1 amide bonds. The molecule has 1 saturated heterocycles. The zero-order valence-electron chi connectivity index (χ0n) is 15.2. The van der Waals surface area contributed by atoms with Gasteiger partial charge < -0.3 is 15.4 Å². The van der Waals surface area contributed by atoms with Crippen LogP contribution in [0.4, 0.5) is 4.79 Å². The van der Waals surface area contributed by atoms with Crippen LogP contribution in [-0.4, -0.2) is 60.3 Å². The fraction of sp³-hybridized carbons (Fsp3) is 0.944. The van der Waals surface area contributed by atoms with Gasteiger partial charge >= 0.3 is 6.09 Å². The maximum absolute atomic E-state index is 12.3. The van der Waals surface area contributed by atoms with Crippen molar-refractivity contribution < 1.29 is 9.53 Å². The van der Waals surface area contributed by atoms with Crippen LogP contribution in [-0.2, 0) is 4.74 Å². The SMILES string of the molecule is CC(C)(C)OC(=O)N1CCCN(C2CCCCCC2CN)CC1. The number of amides is 1. The van der Waals surface area contributed by atoms with E-state index in [-0.39, 0.29) is 6.09 Å². The lowest BCUT2D eigenvalue weighted by Gasteiger charge is -2.35. The third-order valence-corrected chi connectivity index (χ3v) is 5.07. The van der Waals surface area contributed by atoms with Gasteiger partial charge in [-0.15, -0.1) is 0 Å². The molecule has 0 aromatic rings. The Bertz CT molecular complexity index is 381. The van der Waals surface area contributed by atoms with E-state index in [1.54, 1.807) is 0 Å². The third-order valence-electron chi connectivity index (χ3n) is 5.07. The molecule has 1 heterocycles. The molecule has 2 N–H and O–H groups in total. The maximum atomic E-state index is 12.3. The molecule has 134 valence electrons. The Labute approximate surface area is 141 Å². The highest BCUT2D eigenvalue weighted by molar-refractivity contribution is 5.68. The van der Waals surface area contributed by atoms with Crippen molar-refractivity contribution in [1.82, 2.24) is 9.80 Å². The largest absolute Gasteiger partial charge is 0.444 e. The quantitative estimate of drug-likeness (QED) is 0.793. The van der Waals surface area contributed by atoms with E-state index in [0.29, 0.717) is 12.0 Å². The number of carbonyl (C=O) groups excluding carboxylic acids is 1. The summed E-state index contributed by atoms with van der Waals surface area (Å²) in [7, 11) is 0. The number of carbonyl (C=O) groups is 1. The molecule has 0 bridgehead atoms. The van der Waals surface area contributed by atoms with Gasteiger partial charge in [0.15, 0.2) is 0 Å². The average molecular weight is 325 g/mol. The summed E-state index contributed by atoms with van der Waals surface area (Å²) in [5, 5.41) is 0. The Morgan fingerprint density at radius 1 is 1.04 bits per heavy atom. The highest BCUT2D eigenvalue weighted by Crippen LogP contribution is 2.27. The van der Waals surface area contributed by atoms with Crippen molar-refractivity contribution in [3.05, 3.63) is 0 Å². The van der Waals surface area contributed by atoms with E-state index in [4.69, 9.17) is 10.5 Å². The second kappa shape index (κ2) is 8.34. The van der Waals surface area contributed by atoms with E-state index in [2.05, 4.69) is 4.90 Å². The van der Waals surface area contributed by atoms with Crippen LogP contribution < -0.4 is 5.73 Å². The zero-order chi connectivity index (χ0) is 16.9. The first-order valence-electron chi connectivity index (χ1n) is 9.33. The fourth-order valence-corrected chi connectivity index (χ4v) is 3.90. The van der Waals surface area contributed by atoms with Gasteiger partial charge in [0.25, 0.3) is 0 Å². The van der Waals surface area contributed by atoms with Crippen molar-refractivity contribution in [3.8, 4) is 0 Å². The topological polar surface area (TPSA) is 58.8 Å². The van der Waals surface area contributed by atoms with Gasteiger partial charge in [-0.05, 0) is 52.5 Å². The first-order chi connectivity index (χ1) is 10.9. The Kier molecular flexibility index (Phi) is 6.72. The van der Waals surface area contributed by atoms with E-state index in [0.717, 1.165) is 39.1 Å². The summed E-state index contributed by atoms with van der Waals surface area (Å²) < 4.78 is 5.52. The predicted molar refractivity (Wildman–Crippen MR) is 93.4 cm³/mol. The van der Waals surface area contributed by atoms with Crippen LogP contribution >= 0.6 is 0 Å². The van der Waals surface area contributed by atoms with Crippen LogP contribution in [0.15, 0.2) is 0 Å². The minimum Gasteiger partial charge on any atom is -0.444 e. The summed E-state index contributed by atoms with van der Waals surface area (Å²) in [4.78, 5) is 16.8. The molecule has 2 atom stereocenters. The zero-order valence-corrected chi connectivity index (χ0v) is 15.2. The maximum Gasteiger partial charge on any atom is 0.410 e. The van der Waals surface area contributed by atoms with E-state index in [9.17, 15) is 4.79 Å². The molecule has 0 radical (unpaired) electrons. The Morgan fingerprint density at radius 2 is 1.78 bits per heavy atom. The monoisotopic (exact) mass is 325 g/mol. The van der Waals surface area contributed by atoms with Crippen LogP contribution in [0.25, 0.3) is 0 Å². The molecule has 23 heavy (non-hydrogen) atoms. The van der Waals surface area contributed by atoms with E-state index in [1.807, 2.05) is 25.7 Å². The van der Waals surface area contributed by atoms with Crippen molar-refractivity contribution in [2.45, 2.75) is 70.9 Å². The minimum absolute atomic E-state index is 0.171. The van der Waals surface area contributed by atoms with Crippen molar-refractivity contribution in [2.24, 2.45) is 11.7 Å². The Balaban J connectivity index is 1.93. The van der Waals surface area contributed by atoms with Gasteiger partial charge in [0.1, 0.15) is 5.60 Å². The van der Waals surface area contributed by atoms with Gasteiger partial charge in [-0.25, -0.2) is 4.79 Å². The number of hydrogen-bond acceptors (Lipinski definition) is 4. The molecule has 0 spiro atoms. The molecule has 1 aliphatic heterocycles. The molecule has 5 heteroatoms. The van der Waals surface area contributed by atoms with Crippen LogP contribution in [0.3, 0.4) is 0 Å². The van der Waals surface area contributed by atoms with E-state index >= 15 is 0 Å². The molecular formula is C18H35N3O2. The first kappa shape index (κ1) is 18.5. The highest BCUT2D eigenvalue weighted by atomic mass is 16.6. The van der Waals surface area contributed by atoms with Gasteiger partial charge in [0.05, 0.1) is 0 Å². The lowest BCUT2D eigenvalue weighted by Crippen LogP contribution is -2.45. The summed E-state index contributed by atoms with van der Waals surface area (Å²) >= 11 is 0. The van der Waals surface area contributed by atoms with Crippen LogP contribution in [0, 0.1) is 5.92 Å². The van der Waals surface area contributed by atoms with Crippen LogP contribution in [0.2, 0.25) is 0 Å². The summed E-state index contributed by atoms with van der Waals surface area (Å²) in [5.41, 5.74) is 5.62. The van der Waals surface area contributed by atoms with Crippen molar-refractivity contribution in [1.29, 1.82) is 0 Å². The molecule has 1 saturated carbocycles. The van der Waals surface area contributed by atoms with Gasteiger partial charge in [0, 0.05) is 32.2 Å². The molecular weight excluding hydrogens is 290 g/mol. The number of nitrogens with zero attached hydrogens (tertiary/aromatic N) is 2. The molecule has 0 aromatic heterocycles. The second-order valence-corrected chi connectivity index (χ2v) is 8.06. The van der Waals surface area contributed by atoms with E-state index in [1.165, 1.54) is 32.1 Å². The fourth-order valence-electron chi connectivity index (χ4n) is 3.90. The smallest absolute Gasteiger partial charge is 0.410 e. The first-order valence-corrected chi connectivity index (χ1v) is 9.33. The van der Waals surface area contributed by atoms with Crippen LogP contribution in [0.1, 0.15) is 59.3 Å². The predicted octanol–water partition coefficient (Wildman–Crippen LogP) is 2.84. The molecule has 5 nitrogen and oxygen atoms in total. The van der Waals surface area contributed by atoms with Gasteiger partial charge in [-0.2, -0.15) is 0 Å². The number of ether oxygens (including phenoxy) is 1. The number of rotatable bonds is 2. The van der Waals surface area contributed by atoms with Crippen LogP contribution in [0.5, 0.6) is 0 Å². The third kappa shape index (κ3) is 5.64. The molecule has 2 fully saturated rings. The summed E-state index contributed by atoms with van der Waals surface area (Å²) in [6.45, 7) is 10.1. The number of nitrogens with two attached hydrogens (primary N) is 1. The number of hydrogen-bond donors (Lipinski definition) is 1. The lowest BCUT2D eigenvalue weighted by molar-refractivity contribution is 0.0252. The summed E-state index contributed by atoms with van der Waals surface area (Å²) in [5.74, 6) is 0.616. The van der Waals surface area contributed by atoms with Crippen molar-refractivity contribution >= 4 is 6.09 Å². The standard InChI is InChI=1S/C18H35N3O2/c1-18(2,3)23-17(22)21-11-7-10-20(12-13-21)16-9-6-4-5-8-15(16)14-19/h15-16H,4-14,19H2,1-3H3. The molecule has 2 rings (SSSR count). The summed E-state index contributed by atoms with van der Waals surface area (Å²) in [6.07, 6.45) is 7.33. The second-order valence-electron chi connectivity index (χ2n) is 8.06. The lowest BCUT2D eigenvalue weighted by atomic mass is 9.93. The molecule has 0 aromatic carbocycles. The minimum atomic E-state index is -0.422. The molecule has 2 aliphatic rings. The van der Waals surface area contributed by atoms with E-state index < -0.39 is 5.60 Å². The molecule has 1 aliphatic carbocycles. The van der Waals surface area contributed by atoms with Gasteiger partial charge in [-0.3, -0.25) is 4.90 Å². The normalized spacial score (nSPS) is 28.1. The van der Waals surface area contributed by atoms with Crippen molar-refractivity contribution in [2.75, 3.05) is 32.7 Å². The van der Waals surface area contributed by atoms with Crippen molar-refractivity contribution in [3.63, 3.8) is 0 Å². The highest BCUT2D eigenvalue weighted by Gasteiger charge is 2.31. The summed E-state index contributed by atoms with van der Waals surface area (Å²) in [6, 6.07) is 0.598. The molecule has 2 unspecified atom stereocenters. The van der Waals surface area contributed by atoms with Gasteiger partial charge in [-0.1, -0.05) is 19.3 Å². The van der Waals surface area contributed by atoms with Gasteiger partial charge in [0.2, 0.25) is 0 Å². The Hall–Kier alpha value is -0.810. The average Bonchev–Trinajstić information content (AvgIpc) is 2.85. The Morgan fingerprint density at radius 3 is 2.48 bits per heavy atom.